The van der Waals surface area contributed by atoms with Gasteiger partial charge in [-0.1, -0.05) is 6.07 Å². The summed E-state index contributed by atoms with van der Waals surface area (Å²) in [6.07, 6.45) is 1.02. The molecule has 1 heterocycles. The van der Waals surface area contributed by atoms with Crippen LogP contribution >= 0.6 is 0 Å². The smallest absolute Gasteiger partial charge is 0.360 e. The highest BCUT2D eigenvalue weighted by atomic mass is 32.2. The number of hydrogen-bond donors (Lipinski definition) is 3. The first-order chi connectivity index (χ1) is 8.79. The molecule has 8 nitrogen and oxygen atoms in total. The van der Waals surface area contributed by atoms with Crippen molar-refractivity contribution in [2.75, 3.05) is 0 Å². The second kappa shape index (κ2) is 4.37. The Balaban J connectivity index is 2.54. The molecule has 19 heavy (non-hydrogen) atoms. The van der Waals surface area contributed by atoms with Crippen molar-refractivity contribution >= 4 is 16.1 Å². The molecule has 0 aliphatic heterocycles. The topological polar surface area (TPSA) is 130 Å². The minimum absolute atomic E-state index is 0.179. The van der Waals surface area contributed by atoms with Crippen molar-refractivity contribution in [3.63, 3.8) is 0 Å². The number of nitrogens with zero attached hydrogens (tertiary/aromatic N) is 2. The van der Waals surface area contributed by atoms with Crippen LogP contribution in [0.15, 0.2) is 35.4 Å². The van der Waals surface area contributed by atoms with Gasteiger partial charge in [-0.25, -0.2) is 9.48 Å². The average molecular weight is 284 g/mol. The Bertz CT molecular complexity index is 749. The summed E-state index contributed by atoms with van der Waals surface area (Å²) in [6.45, 7) is 0. The fourth-order valence-electron chi connectivity index (χ4n) is 1.44. The molecule has 0 amide bonds. The monoisotopic (exact) mass is 284 g/mol. The number of carbonyl (C=O) groups is 1. The highest BCUT2D eigenvalue weighted by Crippen LogP contribution is 2.20. The molecule has 0 saturated heterocycles. The van der Waals surface area contributed by atoms with E-state index in [0.717, 1.165) is 16.9 Å². The van der Waals surface area contributed by atoms with Gasteiger partial charge in [0.05, 0.1) is 16.8 Å². The summed E-state index contributed by atoms with van der Waals surface area (Å²) in [6, 6.07) is 5.04. The van der Waals surface area contributed by atoms with Crippen LogP contribution in [0.25, 0.3) is 5.69 Å². The maximum Gasteiger partial charge on any atom is 0.360 e. The molecule has 2 rings (SSSR count). The van der Waals surface area contributed by atoms with E-state index in [-0.39, 0.29) is 10.6 Å². The summed E-state index contributed by atoms with van der Waals surface area (Å²) in [5.74, 6) is -1.97. The lowest BCUT2D eigenvalue weighted by Gasteiger charge is -2.02. The molecule has 0 fully saturated rings. The molecule has 100 valence electrons. The van der Waals surface area contributed by atoms with Crippen LogP contribution in [0.2, 0.25) is 0 Å². The molecule has 1 aromatic heterocycles. The maximum atomic E-state index is 11.0. The Morgan fingerprint density at radius 2 is 2.00 bits per heavy atom. The summed E-state index contributed by atoms with van der Waals surface area (Å²) in [4.78, 5) is 10.4. The Morgan fingerprint density at radius 3 is 2.53 bits per heavy atom. The van der Waals surface area contributed by atoms with Gasteiger partial charge in [-0.3, -0.25) is 4.55 Å². The molecule has 9 heteroatoms. The lowest BCUT2D eigenvalue weighted by atomic mass is 10.3. The first kappa shape index (κ1) is 13.1. The molecular weight excluding hydrogens is 276 g/mol. The van der Waals surface area contributed by atoms with Gasteiger partial charge in [0.15, 0.2) is 5.75 Å². The summed E-state index contributed by atoms with van der Waals surface area (Å²) in [5.41, 5.74) is -0.379. The van der Waals surface area contributed by atoms with Crippen LogP contribution < -0.4 is 0 Å². The molecule has 0 aliphatic carbocycles. The van der Waals surface area contributed by atoms with Crippen LogP contribution in [0.1, 0.15) is 10.5 Å². The van der Waals surface area contributed by atoms with Crippen molar-refractivity contribution < 1.29 is 28.0 Å². The van der Waals surface area contributed by atoms with Crippen LogP contribution in [0, 0.1) is 0 Å². The minimum Gasteiger partial charge on any atom is -0.504 e. The van der Waals surface area contributed by atoms with Gasteiger partial charge in [-0.05, 0) is 18.2 Å². The Morgan fingerprint density at radius 1 is 1.32 bits per heavy atom. The van der Waals surface area contributed by atoms with E-state index in [4.69, 9.17) is 9.66 Å². The second-order valence-corrected chi connectivity index (χ2v) is 5.01. The van der Waals surface area contributed by atoms with Gasteiger partial charge < -0.3 is 10.2 Å². The zero-order valence-electron chi connectivity index (χ0n) is 9.26. The number of carboxylic acid groups (broad SMARTS) is 1. The molecule has 0 saturated carbocycles. The van der Waals surface area contributed by atoms with E-state index in [0.29, 0.717) is 0 Å². The normalized spacial score (nSPS) is 11.4. The molecule has 1 aromatic carbocycles. The summed E-state index contributed by atoms with van der Waals surface area (Å²) < 4.78 is 31.9. The maximum absolute atomic E-state index is 11.0. The van der Waals surface area contributed by atoms with Crippen molar-refractivity contribution in [3.05, 3.63) is 36.2 Å². The van der Waals surface area contributed by atoms with Crippen molar-refractivity contribution in [2.24, 2.45) is 0 Å². The van der Waals surface area contributed by atoms with E-state index in [1.807, 2.05) is 0 Å². The fraction of sp³-hybridized carbons (Fsp3) is 0. The number of benzene rings is 1. The number of carboxylic acids is 1. The standard InChI is InChI=1S/C10H8N2O6S/c13-8-5-12(11-9(8)10(14)15)6-2-1-3-7(4-6)19(16,17)18/h1-5,13H,(H,14,15)(H,16,17,18). The van der Waals surface area contributed by atoms with Crippen LogP contribution in [0.5, 0.6) is 5.75 Å². The molecule has 0 aliphatic rings. The second-order valence-electron chi connectivity index (χ2n) is 3.59. The molecule has 3 N–H and O–H groups in total. The van der Waals surface area contributed by atoms with Gasteiger partial charge in [0, 0.05) is 0 Å². The van der Waals surface area contributed by atoms with Crippen molar-refractivity contribution in [2.45, 2.75) is 4.90 Å². The molecule has 0 spiro atoms. The van der Waals surface area contributed by atoms with Gasteiger partial charge >= 0.3 is 5.97 Å². The zero-order chi connectivity index (χ0) is 14.2. The number of aromatic nitrogens is 2. The number of aromatic carboxylic acids is 1. The SMILES string of the molecule is O=C(O)c1nn(-c2cccc(S(=O)(=O)O)c2)cc1O. The lowest BCUT2D eigenvalue weighted by molar-refractivity contribution is 0.0687. The van der Waals surface area contributed by atoms with Crippen LogP contribution in [-0.4, -0.2) is 38.9 Å². The Kier molecular flexibility index (Phi) is 3.00. The number of rotatable bonds is 3. The number of aromatic hydroxyl groups is 1. The Hall–Kier alpha value is -2.39. The largest absolute Gasteiger partial charge is 0.504 e. The van der Waals surface area contributed by atoms with E-state index < -0.39 is 27.5 Å². The highest BCUT2D eigenvalue weighted by Gasteiger charge is 2.17. The summed E-state index contributed by atoms with van der Waals surface area (Å²) in [7, 11) is -4.37. The van der Waals surface area contributed by atoms with E-state index in [1.165, 1.54) is 18.2 Å². The Labute approximate surface area is 107 Å². The summed E-state index contributed by atoms with van der Waals surface area (Å²) >= 11 is 0. The first-order valence-corrected chi connectivity index (χ1v) is 6.33. The third-order valence-corrected chi connectivity index (χ3v) is 3.13. The van der Waals surface area contributed by atoms with E-state index in [2.05, 4.69) is 5.10 Å². The van der Waals surface area contributed by atoms with Gasteiger partial charge in [0.2, 0.25) is 5.69 Å². The predicted octanol–water partition coefficient (Wildman–Crippen LogP) is 0.523. The van der Waals surface area contributed by atoms with E-state index in [9.17, 15) is 18.3 Å². The van der Waals surface area contributed by atoms with Crippen molar-refractivity contribution in [1.82, 2.24) is 9.78 Å². The van der Waals surface area contributed by atoms with Gasteiger partial charge in [0.25, 0.3) is 10.1 Å². The van der Waals surface area contributed by atoms with E-state index in [1.54, 1.807) is 0 Å². The molecule has 0 bridgehead atoms. The van der Waals surface area contributed by atoms with Gasteiger partial charge in [-0.2, -0.15) is 13.5 Å². The van der Waals surface area contributed by atoms with Crippen LogP contribution in [0.3, 0.4) is 0 Å². The molecule has 0 unspecified atom stereocenters. The molecule has 0 radical (unpaired) electrons. The van der Waals surface area contributed by atoms with Crippen molar-refractivity contribution in [3.8, 4) is 11.4 Å². The highest BCUT2D eigenvalue weighted by molar-refractivity contribution is 7.85. The molecular formula is C10H8N2O6S. The molecule has 2 aromatic rings. The van der Waals surface area contributed by atoms with Crippen LogP contribution in [-0.2, 0) is 10.1 Å². The van der Waals surface area contributed by atoms with Gasteiger partial charge in [-0.15, -0.1) is 0 Å². The lowest BCUT2D eigenvalue weighted by Crippen LogP contribution is -2.03. The molecule has 0 atom stereocenters. The third kappa shape index (κ3) is 2.56. The van der Waals surface area contributed by atoms with Crippen molar-refractivity contribution in [1.29, 1.82) is 0 Å². The third-order valence-electron chi connectivity index (χ3n) is 2.28. The average Bonchev–Trinajstić information content (AvgIpc) is 2.70. The fourth-order valence-corrected chi connectivity index (χ4v) is 1.96. The first-order valence-electron chi connectivity index (χ1n) is 4.89. The van der Waals surface area contributed by atoms with Gasteiger partial charge in [0.1, 0.15) is 0 Å². The summed E-state index contributed by atoms with van der Waals surface area (Å²) in [5, 5.41) is 21.7. The quantitative estimate of drug-likeness (QED) is 0.700. The van der Waals surface area contributed by atoms with Crippen LogP contribution in [0.4, 0.5) is 0 Å². The predicted molar refractivity (Wildman–Crippen MR) is 62.0 cm³/mol. The minimum atomic E-state index is -4.37. The van der Waals surface area contributed by atoms with E-state index >= 15 is 0 Å². The zero-order valence-corrected chi connectivity index (χ0v) is 10.1. The number of hydrogen-bond acceptors (Lipinski definition) is 5.